The van der Waals surface area contributed by atoms with E-state index in [0.717, 1.165) is 13.1 Å². The molecule has 0 unspecified atom stereocenters. The molecule has 1 saturated heterocycles. The molecule has 35 heavy (non-hydrogen) atoms. The molecule has 5 nitrogen and oxygen atoms in total. The van der Waals surface area contributed by atoms with Gasteiger partial charge in [-0.3, -0.25) is 0 Å². The molecule has 0 atom stereocenters. The highest BCUT2D eigenvalue weighted by molar-refractivity contribution is 7.80. The molecular weight excluding hydrogens is 471 g/mol. The molecule has 188 valence electrons. The van der Waals surface area contributed by atoms with E-state index in [1.54, 1.807) is 0 Å². The Morgan fingerprint density at radius 3 is 1.69 bits per heavy atom. The molecule has 0 saturated carbocycles. The number of para-hydroxylation sites is 2. The van der Waals surface area contributed by atoms with Crippen LogP contribution in [0.4, 0.5) is 11.4 Å². The number of thiocarbonyl (C=S) groups is 1. The maximum Gasteiger partial charge on any atom is 0.248 e. The first kappa shape index (κ1) is 28.6. The fourth-order valence-corrected chi connectivity index (χ4v) is 5.57. The van der Waals surface area contributed by atoms with Crippen molar-refractivity contribution >= 4 is 37.2 Å². The average Bonchev–Trinajstić information content (AvgIpc) is 3.37. The van der Waals surface area contributed by atoms with Crippen molar-refractivity contribution in [3.05, 3.63) is 96.6 Å². The molecule has 1 fully saturated rings. The summed E-state index contributed by atoms with van der Waals surface area (Å²) >= 11 is 5.41. The zero-order valence-electron chi connectivity index (χ0n) is 21.4. The van der Waals surface area contributed by atoms with Crippen molar-refractivity contribution in [3.63, 3.8) is 0 Å². The van der Waals surface area contributed by atoms with Gasteiger partial charge in [0.1, 0.15) is 0 Å². The van der Waals surface area contributed by atoms with Gasteiger partial charge < -0.3 is 24.5 Å². The van der Waals surface area contributed by atoms with Crippen molar-refractivity contribution in [1.82, 2.24) is 10.6 Å². The van der Waals surface area contributed by atoms with Crippen LogP contribution in [0.1, 0.15) is 33.3 Å². The van der Waals surface area contributed by atoms with Crippen molar-refractivity contribution in [1.29, 1.82) is 0 Å². The topological polar surface area (TPSA) is 39.8 Å². The molecular formula is C28H39N4OPS. The summed E-state index contributed by atoms with van der Waals surface area (Å²) in [6.07, 6.45) is 0. The van der Waals surface area contributed by atoms with Crippen LogP contribution in [0.3, 0.4) is 0 Å². The Labute approximate surface area is 218 Å². The van der Waals surface area contributed by atoms with E-state index in [4.69, 9.17) is 16.7 Å². The predicted molar refractivity (Wildman–Crippen MR) is 157 cm³/mol. The molecule has 0 spiro atoms. The lowest BCUT2D eigenvalue weighted by Crippen LogP contribution is -2.36. The van der Waals surface area contributed by atoms with Crippen LogP contribution >= 0.6 is 20.7 Å². The summed E-state index contributed by atoms with van der Waals surface area (Å²) in [5.41, 5.74) is 3.59. The first-order chi connectivity index (χ1) is 17.3. The van der Waals surface area contributed by atoms with Gasteiger partial charge in [-0.05, 0) is 42.0 Å². The fourth-order valence-electron chi connectivity index (χ4n) is 3.42. The van der Waals surface area contributed by atoms with Gasteiger partial charge in [0, 0.05) is 37.6 Å². The summed E-state index contributed by atoms with van der Waals surface area (Å²) in [5, 5.41) is 7.15. The second-order valence-electron chi connectivity index (χ2n) is 7.10. The highest BCUT2D eigenvalue weighted by Gasteiger charge is 2.34. The fraction of sp³-hybridized carbons (Fsp3) is 0.321. The van der Waals surface area contributed by atoms with E-state index in [9.17, 15) is 0 Å². The van der Waals surface area contributed by atoms with Crippen LogP contribution in [0.5, 0.6) is 0 Å². The molecule has 0 bridgehead atoms. The third kappa shape index (κ3) is 9.14. The number of nitrogens with zero attached hydrogens (tertiary/aromatic N) is 2. The molecule has 0 amide bonds. The summed E-state index contributed by atoms with van der Waals surface area (Å²) in [5.74, 6) is 0. The minimum absolute atomic E-state index is 0.575. The zero-order valence-corrected chi connectivity index (χ0v) is 23.1. The molecule has 0 radical (unpaired) electrons. The van der Waals surface area contributed by atoms with Gasteiger partial charge in [-0.25, -0.2) is 0 Å². The third-order valence-corrected chi connectivity index (χ3v) is 7.33. The summed E-state index contributed by atoms with van der Waals surface area (Å²) in [4.78, 5) is 0. The summed E-state index contributed by atoms with van der Waals surface area (Å²) in [6.45, 7) is 11.8. The van der Waals surface area contributed by atoms with Crippen LogP contribution < -0.4 is 20.0 Å². The molecule has 1 aliphatic heterocycles. The zero-order chi connectivity index (χ0) is 25.3. The summed E-state index contributed by atoms with van der Waals surface area (Å²) < 4.78 is 11.2. The molecule has 7 heteroatoms. The maximum atomic E-state index is 6.42. The van der Waals surface area contributed by atoms with Crippen molar-refractivity contribution in [2.24, 2.45) is 0 Å². The SMILES string of the molecule is CC.CC.S=C(NCCOP1N(c2ccccc2)CCN1c1ccccc1)NCc1ccccc1. The van der Waals surface area contributed by atoms with Crippen LogP contribution in [0.15, 0.2) is 91.0 Å². The van der Waals surface area contributed by atoms with Crippen molar-refractivity contribution in [3.8, 4) is 0 Å². The highest BCUT2D eigenvalue weighted by atomic mass is 32.1. The van der Waals surface area contributed by atoms with Gasteiger partial charge in [0.05, 0.1) is 6.61 Å². The molecule has 0 aliphatic carbocycles. The lowest BCUT2D eigenvalue weighted by Gasteiger charge is -2.30. The Morgan fingerprint density at radius 1 is 0.743 bits per heavy atom. The highest BCUT2D eigenvalue weighted by Crippen LogP contribution is 2.53. The second kappa shape index (κ2) is 16.9. The normalized spacial score (nSPS) is 12.7. The summed E-state index contributed by atoms with van der Waals surface area (Å²) in [7, 11) is -0.936. The van der Waals surface area contributed by atoms with E-state index in [0.29, 0.717) is 24.8 Å². The first-order valence-electron chi connectivity index (χ1n) is 12.4. The molecule has 1 heterocycles. The van der Waals surface area contributed by atoms with Crippen LogP contribution in [0.2, 0.25) is 0 Å². The minimum Gasteiger partial charge on any atom is -0.360 e. The van der Waals surface area contributed by atoms with Crippen LogP contribution in [0, 0.1) is 0 Å². The number of nitrogens with one attached hydrogen (secondary N) is 2. The Morgan fingerprint density at radius 2 is 1.20 bits per heavy atom. The van der Waals surface area contributed by atoms with Crippen molar-refractivity contribution in [2.75, 3.05) is 35.6 Å². The Kier molecular flexibility index (Phi) is 13.8. The monoisotopic (exact) mass is 510 g/mol. The van der Waals surface area contributed by atoms with E-state index >= 15 is 0 Å². The van der Waals surface area contributed by atoms with E-state index in [1.165, 1.54) is 16.9 Å². The van der Waals surface area contributed by atoms with Gasteiger partial charge in [-0.2, -0.15) is 0 Å². The van der Waals surface area contributed by atoms with E-state index < -0.39 is 8.45 Å². The minimum atomic E-state index is -0.936. The second-order valence-corrected chi connectivity index (χ2v) is 9.24. The molecule has 3 aromatic carbocycles. The lowest BCUT2D eigenvalue weighted by molar-refractivity contribution is 0.356. The van der Waals surface area contributed by atoms with Crippen molar-refractivity contribution < 1.29 is 4.52 Å². The molecule has 4 rings (SSSR count). The number of benzene rings is 3. The van der Waals surface area contributed by atoms with Crippen LogP contribution in [-0.2, 0) is 11.1 Å². The molecule has 0 aromatic heterocycles. The van der Waals surface area contributed by atoms with Gasteiger partial charge >= 0.3 is 0 Å². The number of rotatable bonds is 8. The quantitative estimate of drug-likeness (QED) is 0.194. The predicted octanol–water partition coefficient (Wildman–Crippen LogP) is 6.97. The van der Waals surface area contributed by atoms with Gasteiger partial charge in [-0.15, -0.1) is 0 Å². The summed E-state index contributed by atoms with van der Waals surface area (Å²) in [6, 6.07) is 31.2. The maximum absolute atomic E-state index is 6.42. The van der Waals surface area contributed by atoms with Gasteiger partial charge in [0.2, 0.25) is 8.45 Å². The van der Waals surface area contributed by atoms with Crippen molar-refractivity contribution in [2.45, 2.75) is 34.2 Å². The van der Waals surface area contributed by atoms with Crippen LogP contribution in [0.25, 0.3) is 0 Å². The van der Waals surface area contributed by atoms with Crippen LogP contribution in [-0.4, -0.2) is 31.4 Å². The Balaban J connectivity index is 0.00000103. The smallest absolute Gasteiger partial charge is 0.248 e. The molecule has 1 aliphatic rings. The van der Waals surface area contributed by atoms with E-state index in [-0.39, 0.29) is 0 Å². The van der Waals surface area contributed by atoms with E-state index in [2.05, 4.69) is 80.6 Å². The molecule has 3 aromatic rings. The van der Waals surface area contributed by atoms with Gasteiger partial charge in [0.25, 0.3) is 0 Å². The van der Waals surface area contributed by atoms with Gasteiger partial charge in [0.15, 0.2) is 5.11 Å². The number of hydrogen-bond acceptors (Lipinski definition) is 4. The number of anilines is 2. The average molecular weight is 511 g/mol. The first-order valence-corrected chi connectivity index (χ1v) is 14.0. The third-order valence-electron chi connectivity index (χ3n) is 4.94. The standard InChI is InChI=1S/C24H27N4OPS.2C2H6/c31-24(26-20-21-10-4-1-5-11-21)25-16-19-29-30-27(22-12-6-2-7-13-22)17-18-28(30)23-14-8-3-9-15-23;2*1-2/h1-15H,16-20H2,(H2,25,26,31);2*1-2H3. The largest absolute Gasteiger partial charge is 0.360 e. The van der Waals surface area contributed by atoms with E-state index in [1.807, 2.05) is 58.0 Å². The Hall–Kier alpha value is -2.66. The lowest BCUT2D eigenvalue weighted by atomic mass is 10.2. The Bertz CT molecular complexity index is 899. The van der Waals surface area contributed by atoms with Gasteiger partial charge in [-0.1, -0.05) is 94.4 Å². The number of hydrogen-bond donors (Lipinski definition) is 2. The molecule has 2 N–H and O–H groups in total.